The summed E-state index contributed by atoms with van der Waals surface area (Å²) < 4.78 is 4.40. The van der Waals surface area contributed by atoms with Gasteiger partial charge in [0.05, 0.1) is 0 Å². The fourth-order valence-corrected chi connectivity index (χ4v) is 1.75. The first-order valence-electron chi connectivity index (χ1n) is 4.99. The van der Waals surface area contributed by atoms with Crippen LogP contribution < -0.4 is 0 Å². The molecule has 1 aliphatic carbocycles. The van der Waals surface area contributed by atoms with Gasteiger partial charge < -0.3 is 4.74 Å². The van der Waals surface area contributed by atoms with E-state index in [4.69, 9.17) is 9.53 Å². The summed E-state index contributed by atoms with van der Waals surface area (Å²) in [5, 5.41) is 0. The van der Waals surface area contributed by atoms with Crippen LogP contribution in [0.4, 0.5) is 0 Å². The molecule has 6 nitrogen and oxygen atoms in total. The first-order chi connectivity index (χ1) is 7.79. The monoisotopic (exact) mass is 247 g/mol. The van der Waals surface area contributed by atoms with Gasteiger partial charge in [0, 0.05) is 5.92 Å². The maximum atomic E-state index is 11.1. The van der Waals surface area contributed by atoms with Gasteiger partial charge in [0.1, 0.15) is 6.10 Å². The molecule has 2 fully saturated rings. The molecule has 0 aromatic rings. The Morgan fingerprint density at radius 1 is 1.29 bits per heavy atom. The number of carbonyl (C=O) groups excluding carboxylic acids is 5. The third kappa shape index (κ3) is 2.12. The summed E-state index contributed by atoms with van der Waals surface area (Å²) in [5.74, 6) is -2.11. The van der Waals surface area contributed by atoms with Crippen LogP contribution >= 0.6 is 0 Å². The molecule has 0 N–H and O–H groups in total. The Balaban J connectivity index is 0.000000249. The van der Waals surface area contributed by atoms with Crippen LogP contribution in [0.25, 0.3) is 0 Å². The third-order valence-electron chi connectivity index (χ3n) is 3.01. The van der Waals surface area contributed by atoms with Gasteiger partial charge in [-0.3, -0.25) is 14.4 Å². The molecule has 7 heteroatoms. The molecular weight excluding hydrogens is 239 g/mol. The molecular formula is C10H8NaO6. The molecule has 0 aromatic carbocycles. The number of rotatable bonds is 1. The average Bonchev–Trinajstić information content (AvgIpc) is 2.73. The molecule has 2 aliphatic rings. The van der Waals surface area contributed by atoms with E-state index in [0.717, 1.165) is 0 Å². The van der Waals surface area contributed by atoms with E-state index in [1.807, 2.05) is 0 Å². The number of Topliss-reactive ketones (excluding diaryl/α,β-unsaturated/α-hetero) is 2. The van der Waals surface area contributed by atoms with Crippen molar-refractivity contribution < 1.29 is 28.7 Å². The molecule has 1 spiro atoms. The second kappa shape index (κ2) is 4.80. The third-order valence-corrected chi connectivity index (χ3v) is 3.21. The zero-order chi connectivity index (χ0) is 13.4. The van der Waals surface area contributed by atoms with Gasteiger partial charge in [-0.05, 0) is 6.92 Å². The average molecular weight is 247 g/mol. The molecule has 0 bridgehead atoms. The second-order valence-electron chi connectivity index (χ2n) is 4.02. The van der Waals surface area contributed by atoms with Crippen molar-refractivity contribution in [2.45, 2.75) is 20.0 Å². The number of cyclic esters (lactones) is 1. The Morgan fingerprint density at radius 3 is 1.82 bits per heavy atom. The number of hydrogen-bond donors (Lipinski definition) is 0. The second-order valence-corrected chi connectivity index (χ2v) is 4.93. The van der Waals surface area contributed by atoms with Crippen molar-refractivity contribution in [2.24, 2.45) is 11.3 Å². The van der Waals surface area contributed by atoms with Crippen LogP contribution in [-0.4, -0.2) is 60.9 Å². The van der Waals surface area contributed by atoms with Crippen LogP contribution in [-0.2, 0) is 28.7 Å². The molecule has 0 amide bonds. The van der Waals surface area contributed by atoms with E-state index in [-0.39, 0.29) is 12.0 Å². The van der Waals surface area contributed by atoms with Gasteiger partial charge in [-0.15, -0.1) is 0 Å². The van der Waals surface area contributed by atoms with E-state index in [2.05, 4.69) is 0 Å². The fourth-order valence-electron chi connectivity index (χ4n) is 1.75. The first-order valence-corrected chi connectivity index (χ1v) is 5.99. The van der Waals surface area contributed by atoms with Crippen molar-refractivity contribution >= 4 is 54.8 Å². The van der Waals surface area contributed by atoms with Crippen molar-refractivity contribution in [2.75, 3.05) is 0 Å². The normalized spacial score (nSPS) is 28.4. The van der Waals surface area contributed by atoms with Gasteiger partial charge in [-0.1, -0.05) is 6.92 Å². The molecule has 85 valence electrons. The van der Waals surface area contributed by atoms with Crippen LogP contribution in [0.15, 0.2) is 0 Å². The van der Waals surface area contributed by atoms with Gasteiger partial charge in [0.2, 0.25) is 17.0 Å². The number of ether oxygens (including phenoxy) is 1. The van der Waals surface area contributed by atoms with Crippen molar-refractivity contribution in [3.05, 3.63) is 0 Å². The SMILES string of the molecule is CC1OC(=O)C2(C(=O)C2=O)C1C.O=[C][C](=O)[Na]. The quantitative estimate of drug-likeness (QED) is 0.242. The van der Waals surface area contributed by atoms with Gasteiger partial charge in [0.25, 0.3) is 0 Å². The number of ketones is 2. The summed E-state index contributed by atoms with van der Waals surface area (Å²) >= 11 is 0.307. The molecule has 1 heterocycles. The van der Waals surface area contributed by atoms with E-state index in [1.165, 1.54) is 6.29 Å². The molecule has 2 rings (SSSR count). The van der Waals surface area contributed by atoms with Crippen LogP contribution in [0.3, 0.4) is 0 Å². The fraction of sp³-hybridized carbons (Fsp3) is 0.500. The van der Waals surface area contributed by atoms with Crippen LogP contribution in [0.1, 0.15) is 13.8 Å². The van der Waals surface area contributed by atoms with Crippen molar-refractivity contribution in [1.82, 2.24) is 0 Å². The van der Waals surface area contributed by atoms with Gasteiger partial charge in [0.15, 0.2) is 0 Å². The van der Waals surface area contributed by atoms with E-state index in [1.54, 1.807) is 13.8 Å². The number of carbonyl (C=O) groups is 4. The Bertz CT molecular complexity index is 413. The first kappa shape index (κ1) is 14.2. The van der Waals surface area contributed by atoms with Gasteiger partial charge >= 0.3 is 52.8 Å². The molecule has 2 atom stereocenters. The number of esters is 1. The van der Waals surface area contributed by atoms with Crippen molar-refractivity contribution in [3.63, 3.8) is 0 Å². The summed E-state index contributed by atoms with van der Waals surface area (Å²) in [6.45, 7) is 3.38. The van der Waals surface area contributed by atoms with E-state index >= 15 is 0 Å². The van der Waals surface area contributed by atoms with Gasteiger partial charge in [-0.25, -0.2) is 0 Å². The van der Waals surface area contributed by atoms with Crippen molar-refractivity contribution in [3.8, 4) is 0 Å². The zero-order valence-corrected chi connectivity index (χ0v) is 11.6. The minimum atomic E-state index is -1.39. The molecule has 1 saturated heterocycles. The molecule has 1 aliphatic heterocycles. The molecule has 1 radical (unpaired) electrons. The predicted octanol–water partition coefficient (Wildman–Crippen LogP) is -1.50. The van der Waals surface area contributed by atoms with Crippen molar-refractivity contribution in [1.29, 1.82) is 0 Å². The molecule has 17 heavy (non-hydrogen) atoms. The summed E-state index contributed by atoms with van der Waals surface area (Å²) in [5.41, 5.74) is -1.39. The zero-order valence-electron chi connectivity index (χ0n) is 9.60. The summed E-state index contributed by atoms with van der Waals surface area (Å²) in [6.07, 6.45) is 0.875. The maximum absolute atomic E-state index is 11.1. The Kier molecular flexibility index (Phi) is 4.01. The summed E-state index contributed by atoms with van der Waals surface area (Å²) in [6, 6.07) is 0. The summed E-state index contributed by atoms with van der Waals surface area (Å²) in [4.78, 5) is 51.6. The van der Waals surface area contributed by atoms with E-state index in [9.17, 15) is 19.2 Å². The van der Waals surface area contributed by atoms with Crippen LogP contribution in [0, 0.1) is 11.3 Å². The predicted molar refractivity (Wildman–Crippen MR) is 53.6 cm³/mol. The van der Waals surface area contributed by atoms with Gasteiger partial charge in [-0.2, -0.15) is 0 Å². The van der Waals surface area contributed by atoms with E-state index < -0.39 is 26.0 Å². The Labute approximate surface area is 114 Å². The summed E-state index contributed by atoms with van der Waals surface area (Å²) in [7, 11) is 0. The van der Waals surface area contributed by atoms with E-state index in [0.29, 0.717) is 27.9 Å². The standard InChI is InChI=1S/C8H8O4.C2O2.Na/c1-3-4(2)12-7(11)8(3)5(9)6(8)10;3-1-2-4;/h3-4H,1-2H3;;. The topological polar surface area (TPSA) is 94.6 Å². The van der Waals surface area contributed by atoms with Crippen LogP contribution in [0.2, 0.25) is 0 Å². The Hall–Kier alpha value is -0.850. The number of hydrogen-bond acceptors (Lipinski definition) is 6. The van der Waals surface area contributed by atoms with Crippen LogP contribution in [0.5, 0.6) is 0 Å². The molecule has 1 saturated carbocycles. The Morgan fingerprint density at radius 2 is 1.71 bits per heavy atom. The molecule has 0 aromatic heterocycles. The molecule has 2 unspecified atom stereocenters. The minimum absolute atomic E-state index is 0.301.